The van der Waals surface area contributed by atoms with E-state index in [-0.39, 0.29) is 18.1 Å². The fraction of sp³-hybridized carbons (Fsp3) is 0.300. The molecule has 1 rings (SSSR count). The molecular weight excluding hydrogens is 169 g/mol. The van der Waals surface area contributed by atoms with E-state index >= 15 is 0 Å². The minimum atomic E-state index is -0.286. The number of aryl methyl sites for hydroxylation is 2. The molecule has 0 unspecified atom stereocenters. The number of ketones is 1. The zero-order valence-corrected chi connectivity index (χ0v) is 7.73. The molecule has 0 bridgehead atoms. The predicted molar refractivity (Wildman–Crippen MR) is 49.3 cm³/mol. The number of rotatable bonds is 2. The van der Waals surface area contributed by atoms with Gasteiger partial charge in [-0.25, -0.2) is 4.39 Å². The Morgan fingerprint density at radius 1 is 1.38 bits per heavy atom. The van der Waals surface area contributed by atoms with Crippen molar-refractivity contribution in [2.75, 3.05) is 6.54 Å². The van der Waals surface area contributed by atoms with Gasteiger partial charge in [-0.3, -0.25) is 4.79 Å². The van der Waals surface area contributed by atoms with E-state index in [1.807, 2.05) is 0 Å². The molecule has 70 valence electrons. The van der Waals surface area contributed by atoms with Gasteiger partial charge in [0.1, 0.15) is 5.82 Å². The largest absolute Gasteiger partial charge is 0.324 e. The Hall–Kier alpha value is -1.22. The van der Waals surface area contributed by atoms with Gasteiger partial charge in [-0.05, 0) is 37.1 Å². The second-order valence-corrected chi connectivity index (χ2v) is 3.04. The highest BCUT2D eigenvalue weighted by Gasteiger charge is 2.09. The SMILES string of the molecule is Cc1cc(C(=O)CN)c(C)cc1F. The summed E-state index contributed by atoms with van der Waals surface area (Å²) in [7, 11) is 0. The number of nitrogens with two attached hydrogens (primary N) is 1. The van der Waals surface area contributed by atoms with E-state index in [1.165, 1.54) is 6.07 Å². The summed E-state index contributed by atoms with van der Waals surface area (Å²) in [5.74, 6) is -0.438. The first-order valence-electron chi connectivity index (χ1n) is 4.06. The number of benzene rings is 1. The van der Waals surface area contributed by atoms with Crippen molar-refractivity contribution in [1.29, 1.82) is 0 Å². The lowest BCUT2D eigenvalue weighted by molar-refractivity contribution is 0.100. The number of hydrogen-bond acceptors (Lipinski definition) is 2. The number of Topliss-reactive ketones (excluding diaryl/α,β-unsaturated/α-hetero) is 1. The highest BCUT2D eigenvalue weighted by molar-refractivity contribution is 5.98. The molecular formula is C10H12FNO. The molecule has 0 radical (unpaired) electrons. The number of carbonyl (C=O) groups excluding carboxylic acids is 1. The van der Waals surface area contributed by atoms with Crippen LogP contribution in [-0.4, -0.2) is 12.3 Å². The third-order valence-corrected chi connectivity index (χ3v) is 1.99. The van der Waals surface area contributed by atoms with Crippen LogP contribution in [0, 0.1) is 19.7 Å². The van der Waals surface area contributed by atoms with Crippen molar-refractivity contribution in [1.82, 2.24) is 0 Å². The summed E-state index contributed by atoms with van der Waals surface area (Å²) in [5.41, 5.74) is 6.84. The zero-order chi connectivity index (χ0) is 10.0. The van der Waals surface area contributed by atoms with Crippen LogP contribution >= 0.6 is 0 Å². The van der Waals surface area contributed by atoms with Gasteiger partial charge in [0.05, 0.1) is 6.54 Å². The molecule has 0 aromatic heterocycles. The van der Waals surface area contributed by atoms with Gasteiger partial charge in [0.2, 0.25) is 0 Å². The minimum Gasteiger partial charge on any atom is -0.324 e. The fourth-order valence-electron chi connectivity index (χ4n) is 1.19. The van der Waals surface area contributed by atoms with Gasteiger partial charge in [-0.1, -0.05) is 0 Å². The van der Waals surface area contributed by atoms with E-state index in [0.717, 1.165) is 0 Å². The summed E-state index contributed by atoms with van der Waals surface area (Å²) in [4.78, 5) is 11.3. The number of carbonyl (C=O) groups is 1. The quantitative estimate of drug-likeness (QED) is 0.704. The first-order chi connectivity index (χ1) is 6.06. The topological polar surface area (TPSA) is 43.1 Å². The highest BCUT2D eigenvalue weighted by atomic mass is 19.1. The lowest BCUT2D eigenvalue weighted by atomic mass is 10.0. The maximum atomic E-state index is 13.0. The molecule has 0 atom stereocenters. The van der Waals surface area contributed by atoms with Crippen molar-refractivity contribution < 1.29 is 9.18 Å². The molecule has 0 saturated heterocycles. The van der Waals surface area contributed by atoms with E-state index in [1.54, 1.807) is 19.9 Å². The summed E-state index contributed by atoms with van der Waals surface area (Å²) < 4.78 is 13.0. The van der Waals surface area contributed by atoms with Gasteiger partial charge < -0.3 is 5.73 Å². The summed E-state index contributed by atoms with van der Waals surface area (Å²) in [6, 6.07) is 2.90. The first-order valence-corrected chi connectivity index (χ1v) is 4.06. The average Bonchev–Trinajstić information content (AvgIpc) is 2.10. The van der Waals surface area contributed by atoms with Gasteiger partial charge in [0, 0.05) is 5.56 Å². The van der Waals surface area contributed by atoms with Crippen molar-refractivity contribution in [2.24, 2.45) is 5.73 Å². The monoisotopic (exact) mass is 181 g/mol. The van der Waals surface area contributed by atoms with Crippen molar-refractivity contribution in [3.8, 4) is 0 Å². The van der Waals surface area contributed by atoms with Crippen LogP contribution in [0.15, 0.2) is 12.1 Å². The smallest absolute Gasteiger partial charge is 0.176 e. The molecule has 0 aliphatic carbocycles. The second kappa shape index (κ2) is 3.66. The van der Waals surface area contributed by atoms with E-state index in [9.17, 15) is 9.18 Å². The Morgan fingerprint density at radius 2 is 2.00 bits per heavy atom. The molecule has 13 heavy (non-hydrogen) atoms. The average molecular weight is 181 g/mol. The summed E-state index contributed by atoms with van der Waals surface area (Å²) >= 11 is 0. The van der Waals surface area contributed by atoms with Crippen LogP contribution < -0.4 is 5.73 Å². The summed E-state index contributed by atoms with van der Waals surface area (Å²) in [6.07, 6.45) is 0. The van der Waals surface area contributed by atoms with Crippen LogP contribution in [0.2, 0.25) is 0 Å². The molecule has 0 heterocycles. The zero-order valence-electron chi connectivity index (χ0n) is 7.73. The highest BCUT2D eigenvalue weighted by Crippen LogP contribution is 2.14. The van der Waals surface area contributed by atoms with Crippen LogP contribution in [0.1, 0.15) is 21.5 Å². The molecule has 3 heteroatoms. The van der Waals surface area contributed by atoms with E-state index < -0.39 is 0 Å². The molecule has 0 saturated carbocycles. The Bertz CT molecular complexity index is 347. The minimum absolute atomic E-state index is 0.0358. The molecule has 0 amide bonds. The first kappa shape index (κ1) is 9.86. The van der Waals surface area contributed by atoms with E-state index in [0.29, 0.717) is 16.7 Å². The Labute approximate surface area is 76.6 Å². The molecule has 0 aliphatic rings. The van der Waals surface area contributed by atoms with Crippen LogP contribution in [-0.2, 0) is 0 Å². The standard InChI is InChI=1S/C10H12FNO/c1-6-4-9(11)7(2)3-8(6)10(13)5-12/h3-4H,5,12H2,1-2H3. The van der Waals surface area contributed by atoms with Crippen molar-refractivity contribution >= 4 is 5.78 Å². The van der Waals surface area contributed by atoms with Gasteiger partial charge >= 0.3 is 0 Å². The lowest BCUT2D eigenvalue weighted by Gasteiger charge is -2.05. The Morgan fingerprint density at radius 3 is 2.54 bits per heavy atom. The Balaban J connectivity index is 3.23. The number of hydrogen-bond donors (Lipinski definition) is 1. The fourth-order valence-corrected chi connectivity index (χ4v) is 1.19. The van der Waals surface area contributed by atoms with Gasteiger partial charge in [0.15, 0.2) is 5.78 Å². The molecule has 0 fully saturated rings. The maximum absolute atomic E-state index is 13.0. The van der Waals surface area contributed by atoms with Crippen LogP contribution in [0.3, 0.4) is 0 Å². The van der Waals surface area contributed by atoms with Gasteiger partial charge in [-0.2, -0.15) is 0 Å². The van der Waals surface area contributed by atoms with Crippen molar-refractivity contribution in [2.45, 2.75) is 13.8 Å². The maximum Gasteiger partial charge on any atom is 0.176 e. The van der Waals surface area contributed by atoms with Crippen molar-refractivity contribution in [3.63, 3.8) is 0 Å². The predicted octanol–water partition coefficient (Wildman–Crippen LogP) is 1.58. The van der Waals surface area contributed by atoms with Gasteiger partial charge in [0.25, 0.3) is 0 Å². The summed E-state index contributed by atoms with van der Waals surface area (Å²) in [6.45, 7) is 3.29. The third-order valence-electron chi connectivity index (χ3n) is 1.99. The third kappa shape index (κ3) is 1.92. The van der Waals surface area contributed by atoms with E-state index in [4.69, 9.17) is 5.73 Å². The van der Waals surface area contributed by atoms with Crippen LogP contribution in [0.25, 0.3) is 0 Å². The number of halogens is 1. The van der Waals surface area contributed by atoms with Gasteiger partial charge in [-0.15, -0.1) is 0 Å². The van der Waals surface area contributed by atoms with E-state index in [2.05, 4.69) is 0 Å². The molecule has 0 aliphatic heterocycles. The van der Waals surface area contributed by atoms with Crippen LogP contribution in [0.5, 0.6) is 0 Å². The van der Waals surface area contributed by atoms with Crippen molar-refractivity contribution in [3.05, 3.63) is 34.6 Å². The van der Waals surface area contributed by atoms with Crippen LogP contribution in [0.4, 0.5) is 4.39 Å². The Kier molecular flexibility index (Phi) is 2.78. The second-order valence-electron chi connectivity index (χ2n) is 3.04. The molecule has 1 aromatic carbocycles. The summed E-state index contributed by atoms with van der Waals surface area (Å²) in [5, 5.41) is 0. The normalized spacial score (nSPS) is 10.2. The molecule has 2 N–H and O–H groups in total. The molecule has 2 nitrogen and oxygen atoms in total. The lowest BCUT2D eigenvalue weighted by Crippen LogP contribution is -2.15. The molecule has 1 aromatic rings. The molecule has 0 spiro atoms.